The van der Waals surface area contributed by atoms with Crippen LogP contribution in [0.3, 0.4) is 0 Å². The predicted octanol–water partition coefficient (Wildman–Crippen LogP) is 11.8. The fourth-order valence-electron chi connectivity index (χ4n) is 7.04. The second-order valence-corrected chi connectivity index (χ2v) is 26.9. The first-order valence-corrected chi connectivity index (χ1v) is 33.3. The molecule has 0 radical (unpaired) electrons. The van der Waals surface area contributed by atoms with Crippen LogP contribution in [0.4, 0.5) is 17.1 Å². The molecule has 8 aromatic carbocycles. The van der Waals surface area contributed by atoms with Crippen molar-refractivity contribution in [1.29, 1.82) is 0 Å². The molecule has 26 heteroatoms. The summed E-state index contributed by atoms with van der Waals surface area (Å²) < 4.78 is 131. The van der Waals surface area contributed by atoms with Gasteiger partial charge in [-0.3, -0.25) is 14.2 Å². The number of anilines is 3. The van der Waals surface area contributed by atoms with E-state index in [-0.39, 0.29) is 47.7 Å². The Hall–Kier alpha value is -7.66. The fourth-order valence-corrected chi connectivity index (χ4v) is 12.6. The summed E-state index contributed by atoms with van der Waals surface area (Å²) in [4.78, 5) is 36.2. The SMILES string of the molecule is COC(=O)c1ccc(Cl)c(CS(=O)(=O)c2ccc(C)cc2)c1.COC(=O)c1cccc(NS(=O)(=O)c2ccc(OC)cc2)c1.COC(=O)c1cccc(NS(=O)(=O)c2ccc(SC)cc2)c1.COc1ccc(NS(=O)(=O)c2ccc(I)cc2)cc1. The van der Waals surface area contributed by atoms with Gasteiger partial charge in [0, 0.05) is 30.6 Å². The van der Waals surface area contributed by atoms with Crippen LogP contribution in [0.1, 0.15) is 42.2 Å². The first-order valence-electron chi connectivity index (χ1n) is 24.6. The number of sulfone groups is 1. The lowest BCUT2D eigenvalue weighted by Gasteiger charge is -2.09. The van der Waals surface area contributed by atoms with Crippen LogP contribution in [0.15, 0.2) is 213 Å². The maximum absolute atomic E-state index is 12.4. The Morgan fingerprint density at radius 3 is 1.25 bits per heavy atom. The molecule has 0 aliphatic rings. The van der Waals surface area contributed by atoms with E-state index >= 15 is 0 Å². The molecule has 448 valence electrons. The highest BCUT2D eigenvalue weighted by Gasteiger charge is 2.21. The summed E-state index contributed by atoms with van der Waals surface area (Å²) in [6.07, 6.45) is 1.92. The Balaban J connectivity index is 0.000000207. The van der Waals surface area contributed by atoms with Crippen LogP contribution in [0.2, 0.25) is 5.02 Å². The lowest BCUT2D eigenvalue weighted by Crippen LogP contribution is -2.13. The second kappa shape index (κ2) is 31.5. The van der Waals surface area contributed by atoms with E-state index < -0.39 is 57.8 Å². The maximum atomic E-state index is 12.4. The molecule has 19 nitrogen and oxygen atoms in total. The van der Waals surface area contributed by atoms with Crippen molar-refractivity contribution in [2.24, 2.45) is 0 Å². The van der Waals surface area contributed by atoms with E-state index in [1.807, 2.05) is 13.2 Å². The molecule has 0 bridgehead atoms. The third-order valence-corrected chi connectivity index (χ3v) is 19.2. The highest BCUT2D eigenvalue weighted by atomic mass is 127. The van der Waals surface area contributed by atoms with Gasteiger partial charge in [0.1, 0.15) is 11.5 Å². The zero-order valence-corrected chi connectivity index (χ0v) is 53.4. The summed E-state index contributed by atoms with van der Waals surface area (Å²) in [7, 11) is -7.67. The summed E-state index contributed by atoms with van der Waals surface area (Å²) in [6.45, 7) is 1.88. The Morgan fingerprint density at radius 2 is 0.835 bits per heavy atom. The Morgan fingerprint density at radius 1 is 0.459 bits per heavy atom. The number of carbonyl (C=O) groups excluding carboxylic acids is 3. The zero-order valence-electron chi connectivity index (χ0n) is 46.4. The van der Waals surface area contributed by atoms with Crippen molar-refractivity contribution in [3.05, 3.63) is 224 Å². The van der Waals surface area contributed by atoms with Crippen molar-refractivity contribution in [3.8, 4) is 11.5 Å². The molecule has 0 aliphatic heterocycles. The monoisotopic (exact) mass is 1390 g/mol. The minimum Gasteiger partial charge on any atom is -0.497 e. The number of aryl methyl sites for hydroxylation is 1. The van der Waals surface area contributed by atoms with E-state index in [2.05, 4.69) is 51.0 Å². The third kappa shape index (κ3) is 20.5. The molecule has 0 heterocycles. The number of benzene rings is 8. The van der Waals surface area contributed by atoms with Crippen LogP contribution in [-0.2, 0) is 59.9 Å². The number of nitrogens with one attached hydrogen (secondary N) is 3. The molecule has 0 saturated heterocycles. The summed E-state index contributed by atoms with van der Waals surface area (Å²) in [5, 5.41) is 0.295. The molecule has 3 N–H and O–H groups in total. The van der Waals surface area contributed by atoms with Crippen molar-refractivity contribution in [2.45, 2.75) is 37.2 Å². The van der Waals surface area contributed by atoms with Crippen LogP contribution in [0.25, 0.3) is 0 Å². The van der Waals surface area contributed by atoms with Gasteiger partial charge < -0.3 is 23.7 Å². The molecule has 0 unspecified atom stereocenters. The van der Waals surface area contributed by atoms with Crippen molar-refractivity contribution in [3.63, 3.8) is 0 Å². The topological polar surface area (TPSA) is 270 Å². The third-order valence-electron chi connectivity index (χ3n) is 11.5. The molecule has 0 aromatic heterocycles. The highest BCUT2D eigenvalue weighted by Crippen LogP contribution is 2.26. The Bertz CT molecular complexity index is 3920. The summed E-state index contributed by atoms with van der Waals surface area (Å²) >= 11 is 9.71. The van der Waals surface area contributed by atoms with E-state index in [1.165, 1.54) is 88.7 Å². The number of halogens is 2. The summed E-state index contributed by atoms with van der Waals surface area (Å²) in [5.74, 6) is -0.634. The molecule has 0 saturated carbocycles. The van der Waals surface area contributed by atoms with Gasteiger partial charge in [0.15, 0.2) is 9.84 Å². The molecule has 8 aromatic rings. The number of sulfonamides is 3. The highest BCUT2D eigenvalue weighted by molar-refractivity contribution is 14.1. The molecule has 0 fully saturated rings. The minimum atomic E-state index is -3.75. The first kappa shape index (κ1) is 68.1. The molecular weight excluding hydrogens is 1330 g/mol. The normalized spacial score (nSPS) is 11.0. The number of thioether (sulfide) groups is 1. The van der Waals surface area contributed by atoms with Crippen molar-refractivity contribution in [2.75, 3.05) is 56.0 Å². The standard InChI is InChI=1S/C16H15ClO4S.C15H15NO5S.C15H15NO4S2.C13H12INO3S/c1-11-3-6-14(7-4-11)22(19,20)10-13-9-12(16(18)21-2)5-8-15(13)17;1-20-13-6-8-14(9-7-13)22(18,19)16-12-5-3-4-11(10-12)15(17)21-2;1-20-15(17)11-4-3-5-12(10-11)16-22(18,19)14-8-6-13(21-2)7-9-14;1-18-12-6-4-11(5-7-12)15-19(16,17)13-8-2-10(14)3-9-13/h3-9H,10H2,1-2H3;2*3-10,16H,1-2H3;2-9,15H,1H3. The van der Waals surface area contributed by atoms with Gasteiger partial charge in [0.2, 0.25) is 0 Å². The number of hydrogen-bond acceptors (Lipinski definition) is 17. The van der Waals surface area contributed by atoms with E-state index in [0.717, 1.165) is 14.0 Å². The van der Waals surface area contributed by atoms with Crippen LogP contribution in [0, 0.1) is 10.5 Å². The van der Waals surface area contributed by atoms with Gasteiger partial charge in [-0.2, -0.15) is 0 Å². The number of methoxy groups -OCH3 is 5. The van der Waals surface area contributed by atoms with Gasteiger partial charge in [0.05, 0.1) is 77.6 Å². The lowest BCUT2D eigenvalue weighted by atomic mass is 10.1. The molecule has 0 atom stereocenters. The molecule has 0 aliphatic carbocycles. The van der Waals surface area contributed by atoms with Gasteiger partial charge >= 0.3 is 17.9 Å². The number of ether oxygens (including phenoxy) is 5. The van der Waals surface area contributed by atoms with Crippen LogP contribution in [-0.4, -0.2) is 93.4 Å². The average Bonchev–Trinajstić information content (AvgIpc) is 3.65. The number of carbonyl (C=O) groups is 3. The van der Waals surface area contributed by atoms with Gasteiger partial charge in [-0.05, 0) is 205 Å². The quantitative estimate of drug-likeness (QED) is 0.0312. The van der Waals surface area contributed by atoms with E-state index in [4.69, 9.17) is 21.1 Å². The van der Waals surface area contributed by atoms with Crippen LogP contribution < -0.4 is 23.6 Å². The summed E-state index contributed by atoms with van der Waals surface area (Å²) in [6, 6.07) is 49.1. The second-order valence-electron chi connectivity index (χ2n) is 17.4. The largest absolute Gasteiger partial charge is 0.497 e. The van der Waals surface area contributed by atoms with Crippen molar-refractivity contribution in [1.82, 2.24) is 0 Å². The first-order chi connectivity index (χ1) is 40.3. The van der Waals surface area contributed by atoms with Gasteiger partial charge in [-0.15, -0.1) is 11.8 Å². The summed E-state index contributed by atoms with van der Waals surface area (Å²) in [5.41, 5.74) is 3.23. The predicted molar refractivity (Wildman–Crippen MR) is 336 cm³/mol. The smallest absolute Gasteiger partial charge is 0.337 e. The van der Waals surface area contributed by atoms with Crippen LogP contribution >= 0.6 is 46.0 Å². The van der Waals surface area contributed by atoms with Crippen molar-refractivity contribution < 1.29 is 71.7 Å². The van der Waals surface area contributed by atoms with Gasteiger partial charge in [-0.25, -0.2) is 48.1 Å². The van der Waals surface area contributed by atoms with E-state index in [1.54, 1.807) is 147 Å². The Kier molecular flexibility index (Phi) is 25.2. The van der Waals surface area contributed by atoms with E-state index in [0.29, 0.717) is 33.5 Å². The van der Waals surface area contributed by atoms with E-state index in [9.17, 15) is 48.1 Å². The molecule has 8 rings (SSSR count). The molecular formula is C59H57ClIN3O16S5. The molecule has 85 heavy (non-hydrogen) atoms. The number of esters is 3. The minimum absolute atomic E-state index is 0.0942. The lowest BCUT2D eigenvalue weighted by molar-refractivity contribution is 0.0592. The van der Waals surface area contributed by atoms with Gasteiger partial charge in [0.25, 0.3) is 30.1 Å². The molecule has 0 amide bonds. The van der Waals surface area contributed by atoms with Crippen LogP contribution in [0.5, 0.6) is 11.5 Å². The number of hydrogen-bond donors (Lipinski definition) is 3. The number of rotatable bonds is 18. The van der Waals surface area contributed by atoms with Crippen molar-refractivity contribution >= 4 is 121 Å². The fraction of sp³-hybridized carbons (Fsp3) is 0.136. The average molecular weight is 1390 g/mol. The molecule has 0 spiro atoms. The zero-order chi connectivity index (χ0) is 62.5. The Labute approximate surface area is 517 Å². The maximum Gasteiger partial charge on any atom is 0.337 e. The van der Waals surface area contributed by atoms with Gasteiger partial charge in [-0.1, -0.05) is 41.4 Å².